The first kappa shape index (κ1) is 11.0. The Morgan fingerprint density at radius 3 is 2.69 bits per heavy atom. The van der Waals surface area contributed by atoms with Crippen LogP contribution in [0, 0.1) is 0 Å². The summed E-state index contributed by atoms with van der Waals surface area (Å²) in [5, 5.41) is 9.18. The van der Waals surface area contributed by atoms with Crippen molar-refractivity contribution in [3.63, 3.8) is 0 Å². The van der Waals surface area contributed by atoms with E-state index in [-0.39, 0.29) is 12.6 Å². The third kappa shape index (κ3) is 2.66. The van der Waals surface area contributed by atoms with Gasteiger partial charge in [0.25, 0.3) is 0 Å². The molecule has 3 heteroatoms. The van der Waals surface area contributed by atoms with E-state index in [1.807, 2.05) is 0 Å². The molecule has 0 spiro atoms. The van der Waals surface area contributed by atoms with Crippen LogP contribution in [0.4, 0.5) is 0 Å². The summed E-state index contributed by atoms with van der Waals surface area (Å²) >= 11 is 0. The first-order chi connectivity index (χ1) is 6.33. The highest BCUT2D eigenvalue weighted by atomic mass is 16.5. The molecular formula is C10H21NO2. The minimum Gasteiger partial charge on any atom is -0.395 e. The minimum absolute atomic E-state index is 0.219. The van der Waals surface area contributed by atoms with E-state index in [0.29, 0.717) is 12.6 Å². The molecule has 0 aliphatic carbocycles. The lowest BCUT2D eigenvalue weighted by Crippen LogP contribution is -2.52. The molecule has 1 saturated heterocycles. The Balaban J connectivity index is 2.51. The van der Waals surface area contributed by atoms with Gasteiger partial charge in [0.2, 0.25) is 0 Å². The molecule has 1 rings (SSSR count). The van der Waals surface area contributed by atoms with Crippen molar-refractivity contribution in [1.29, 1.82) is 0 Å². The van der Waals surface area contributed by atoms with Gasteiger partial charge in [0.1, 0.15) is 0 Å². The van der Waals surface area contributed by atoms with Crippen LogP contribution < -0.4 is 0 Å². The van der Waals surface area contributed by atoms with Crippen molar-refractivity contribution in [2.75, 3.05) is 26.4 Å². The zero-order valence-corrected chi connectivity index (χ0v) is 8.70. The number of ether oxygens (including phenoxy) is 1. The van der Waals surface area contributed by atoms with Crippen LogP contribution in [-0.2, 0) is 4.74 Å². The number of nitrogens with zero attached hydrogens (tertiary/aromatic N) is 1. The number of hydrogen-bond acceptors (Lipinski definition) is 3. The van der Waals surface area contributed by atoms with E-state index >= 15 is 0 Å². The van der Waals surface area contributed by atoms with Gasteiger partial charge in [0.15, 0.2) is 0 Å². The highest BCUT2D eigenvalue weighted by Crippen LogP contribution is 2.15. The second kappa shape index (κ2) is 5.58. The van der Waals surface area contributed by atoms with Crippen molar-refractivity contribution in [1.82, 2.24) is 4.90 Å². The molecule has 1 unspecified atom stereocenters. The molecule has 0 aromatic rings. The second-order valence-electron chi connectivity index (χ2n) is 3.62. The van der Waals surface area contributed by atoms with Crippen molar-refractivity contribution >= 4 is 0 Å². The topological polar surface area (TPSA) is 32.7 Å². The average molecular weight is 187 g/mol. The number of rotatable bonds is 4. The molecule has 0 saturated carbocycles. The number of morpholine rings is 1. The fourth-order valence-corrected chi connectivity index (χ4v) is 2.06. The van der Waals surface area contributed by atoms with Crippen LogP contribution in [0.5, 0.6) is 0 Å². The molecule has 1 fully saturated rings. The van der Waals surface area contributed by atoms with Crippen LogP contribution in [-0.4, -0.2) is 48.5 Å². The van der Waals surface area contributed by atoms with Gasteiger partial charge < -0.3 is 9.84 Å². The molecule has 3 nitrogen and oxygen atoms in total. The van der Waals surface area contributed by atoms with Crippen LogP contribution in [0.1, 0.15) is 26.7 Å². The SMILES string of the molecule is CCC(CC)N1CCOCC1CO. The normalized spacial score (nSPS) is 25.4. The Bertz CT molecular complexity index is 129. The van der Waals surface area contributed by atoms with Gasteiger partial charge >= 0.3 is 0 Å². The summed E-state index contributed by atoms with van der Waals surface area (Å²) in [4.78, 5) is 2.39. The maximum Gasteiger partial charge on any atom is 0.0644 e. The van der Waals surface area contributed by atoms with Crippen LogP contribution >= 0.6 is 0 Å². The van der Waals surface area contributed by atoms with E-state index in [1.165, 1.54) is 0 Å². The van der Waals surface area contributed by atoms with E-state index in [0.717, 1.165) is 26.0 Å². The smallest absolute Gasteiger partial charge is 0.0644 e. The first-order valence-corrected chi connectivity index (χ1v) is 5.27. The Labute approximate surface area is 80.7 Å². The minimum atomic E-state index is 0.219. The lowest BCUT2D eigenvalue weighted by Gasteiger charge is -2.39. The second-order valence-corrected chi connectivity index (χ2v) is 3.62. The highest BCUT2D eigenvalue weighted by molar-refractivity contribution is 4.80. The van der Waals surface area contributed by atoms with Gasteiger partial charge in [-0.05, 0) is 12.8 Å². The molecule has 0 bridgehead atoms. The summed E-state index contributed by atoms with van der Waals surface area (Å²) < 4.78 is 5.34. The predicted octanol–water partition coefficient (Wildman–Crippen LogP) is 0.868. The van der Waals surface area contributed by atoms with Gasteiger partial charge in [-0.3, -0.25) is 4.90 Å². The summed E-state index contributed by atoms with van der Waals surface area (Å²) in [5.74, 6) is 0. The van der Waals surface area contributed by atoms with Gasteiger partial charge in [0.05, 0.1) is 25.9 Å². The molecule has 0 radical (unpaired) electrons. The van der Waals surface area contributed by atoms with E-state index in [2.05, 4.69) is 18.7 Å². The molecule has 1 aliphatic rings. The molecule has 0 aromatic heterocycles. The summed E-state index contributed by atoms with van der Waals surface area (Å²) in [6.07, 6.45) is 2.32. The van der Waals surface area contributed by atoms with E-state index in [4.69, 9.17) is 4.74 Å². The largest absolute Gasteiger partial charge is 0.395 e. The molecule has 1 aliphatic heterocycles. The molecule has 1 heterocycles. The number of hydrogen-bond donors (Lipinski definition) is 1. The third-order valence-corrected chi connectivity index (χ3v) is 2.90. The predicted molar refractivity (Wildman–Crippen MR) is 52.8 cm³/mol. The maximum absolute atomic E-state index is 9.18. The van der Waals surface area contributed by atoms with Crippen LogP contribution in [0.3, 0.4) is 0 Å². The van der Waals surface area contributed by atoms with Gasteiger partial charge in [-0.25, -0.2) is 0 Å². The summed E-state index contributed by atoms with van der Waals surface area (Å²) in [7, 11) is 0. The Kier molecular flexibility index (Phi) is 4.70. The number of aliphatic hydroxyl groups is 1. The van der Waals surface area contributed by atoms with Crippen molar-refractivity contribution < 1.29 is 9.84 Å². The zero-order valence-electron chi connectivity index (χ0n) is 8.70. The fourth-order valence-electron chi connectivity index (χ4n) is 2.06. The van der Waals surface area contributed by atoms with Gasteiger partial charge in [0, 0.05) is 12.6 Å². The number of aliphatic hydroxyl groups excluding tert-OH is 1. The quantitative estimate of drug-likeness (QED) is 0.709. The summed E-state index contributed by atoms with van der Waals surface area (Å²) in [6, 6.07) is 0.833. The third-order valence-electron chi connectivity index (χ3n) is 2.90. The van der Waals surface area contributed by atoms with E-state index in [1.54, 1.807) is 0 Å². The van der Waals surface area contributed by atoms with Crippen LogP contribution in [0.2, 0.25) is 0 Å². The van der Waals surface area contributed by atoms with E-state index < -0.39 is 0 Å². The Morgan fingerprint density at radius 1 is 1.46 bits per heavy atom. The van der Waals surface area contributed by atoms with Gasteiger partial charge in [-0.15, -0.1) is 0 Å². The molecular weight excluding hydrogens is 166 g/mol. The summed E-state index contributed by atoms with van der Waals surface area (Å²) in [5.41, 5.74) is 0. The zero-order chi connectivity index (χ0) is 9.68. The van der Waals surface area contributed by atoms with Crippen LogP contribution in [0.15, 0.2) is 0 Å². The van der Waals surface area contributed by atoms with Crippen molar-refractivity contribution in [3.8, 4) is 0 Å². The monoisotopic (exact) mass is 187 g/mol. The first-order valence-electron chi connectivity index (χ1n) is 5.27. The molecule has 0 amide bonds. The Morgan fingerprint density at radius 2 is 2.15 bits per heavy atom. The van der Waals surface area contributed by atoms with Gasteiger partial charge in [-0.2, -0.15) is 0 Å². The molecule has 1 N–H and O–H groups in total. The van der Waals surface area contributed by atoms with Gasteiger partial charge in [-0.1, -0.05) is 13.8 Å². The molecule has 1 atom stereocenters. The lowest BCUT2D eigenvalue weighted by molar-refractivity contribution is -0.0484. The summed E-state index contributed by atoms with van der Waals surface area (Å²) in [6.45, 7) is 7.10. The van der Waals surface area contributed by atoms with Crippen molar-refractivity contribution in [2.24, 2.45) is 0 Å². The molecule has 78 valence electrons. The van der Waals surface area contributed by atoms with Crippen molar-refractivity contribution in [2.45, 2.75) is 38.8 Å². The fraction of sp³-hybridized carbons (Fsp3) is 1.00. The Hall–Kier alpha value is -0.120. The lowest BCUT2D eigenvalue weighted by atomic mass is 10.1. The maximum atomic E-state index is 9.18. The average Bonchev–Trinajstić information content (AvgIpc) is 2.20. The van der Waals surface area contributed by atoms with Crippen molar-refractivity contribution in [3.05, 3.63) is 0 Å². The molecule has 13 heavy (non-hydrogen) atoms. The van der Waals surface area contributed by atoms with Crippen LogP contribution in [0.25, 0.3) is 0 Å². The van der Waals surface area contributed by atoms with E-state index in [9.17, 15) is 5.11 Å². The standard InChI is InChI=1S/C10H21NO2/c1-3-9(4-2)11-5-6-13-8-10(11)7-12/h9-10,12H,3-8H2,1-2H3. The molecule has 0 aromatic carbocycles. The highest BCUT2D eigenvalue weighted by Gasteiger charge is 2.26.